The van der Waals surface area contributed by atoms with Crippen LogP contribution in [-0.4, -0.2) is 49.3 Å². The van der Waals surface area contributed by atoms with Crippen molar-refractivity contribution in [3.8, 4) is 5.75 Å². The van der Waals surface area contributed by atoms with Crippen molar-refractivity contribution < 1.29 is 9.53 Å². The normalized spacial score (nSPS) is 14.3. The predicted molar refractivity (Wildman–Crippen MR) is 107 cm³/mol. The molecule has 1 saturated heterocycles. The van der Waals surface area contributed by atoms with Gasteiger partial charge in [-0.1, -0.05) is 18.6 Å². The summed E-state index contributed by atoms with van der Waals surface area (Å²) in [7, 11) is 1.53. The Morgan fingerprint density at radius 2 is 2.04 bits per heavy atom. The van der Waals surface area contributed by atoms with Crippen molar-refractivity contribution in [3.63, 3.8) is 0 Å². The van der Waals surface area contributed by atoms with Gasteiger partial charge in [-0.05, 0) is 62.3 Å². The van der Waals surface area contributed by atoms with Crippen LogP contribution in [0.2, 0.25) is 0 Å². The number of rotatable bonds is 7. The first kappa shape index (κ1) is 20.3. The molecule has 0 bridgehead atoms. The Morgan fingerprint density at radius 1 is 1.23 bits per heavy atom. The molecule has 0 spiro atoms. The minimum Gasteiger partial charge on any atom is -0.494 e. The highest BCUT2D eigenvalue weighted by Gasteiger charge is 2.10. The Morgan fingerprint density at radius 3 is 2.81 bits per heavy atom. The van der Waals surface area contributed by atoms with Crippen LogP contribution in [-0.2, 0) is 6.54 Å². The minimum absolute atomic E-state index is 0.345. The molecule has 8 heteroatoms. The number of benzene rings is 1. The molecule has 0 aromatic heterocycles. The molecule has 0 atom stereocenters. The maximum absolute atomic E-state index is 11.0. The van der Waals surface area contributed by atoms with Gasteiger partial charge >= 0.3 is 6.03 Å². The molecule has 4 N–H and O–H groups in total. The highest BCUT2D eigenvalue weighted by Crippen LogP contribution is 2.17. The zero-order valence-corrected chi connectivity index (χ0v) is 16.2. The number of carbonyl (C=O) groups excluding carboxylic acids is 1. The van der Waals surface area contributed by atoms with E-state index in [0.29, 0.717) is 18.3 Å². The number of carbonyl (C=O) groups is 1. The average Bonchev–Trinajstić information content (AvgIpc) is 2.67. The smallest absolute Gasteiger partial charge is 0.333 e. The van der Waals surface area contributed by atoms with Crippen molar-refractivity contribution in [1.82, 2.24) is 26.4 Å². The summed E-state index contributed by atoms with van der Waals surface area (Å²) in [6.07, 6.45) is 4.77. The SMILES string of the molecule is CNC(=O)NNC(=S)NCCCOc1cccc(CN2CCCCC2)c1. The van der Waals surface area contributed by atoms with Crippen LogP contribution < -0.4 is 26.2 Å². The van der Waals surface area contributed by atoms with Gasteiger partial charge < -0.3 is 15.4 Å². The summed E-state index contributed by atoms with van der Waals surface area (Å²) in [4.78, 5) is 13.5. The molecule has 1 aromatic rings. The quantitative estimate of drug-likeness (QED) is 0.328. The Balaban J connectivity index is 1.61. The van der Waals surface area contributed by atoms with Crippen LogP contribution in [0.5, 0.6) is 5.75 Å². The van der Waals surface area contributed by atoms with Crippen molar-refractivity contribution in [2.75, 3.05) is 33.3 Å². The number of piperidine rings is 1. The second kappa shape index (κ2) is 11.5. The van der Waals surface area contributed by atoms with Gasteiger partial charge in [-0.2, -0.15) is 0 Å². The van der Waals surface area contributed by atoms with Gasteiger partial charge in [0.05, 0.1) is 6.61 Å². The molecule has 0 aliphatic carbocycles. The van der Waals surface area contributed by atoms with E-state index in [2.05, 4.69) is 44.6 Å². The molecule has 7 nitrogen and oxygen atoms in total. The summed E-state index contributed by atoms with van der Waals surface area (Å²) in [5.74, 6) is 0.904. The summed E-state index contributed by atoms with van der Waals surface area (Å²) < 4.78 is 5.83. The molecule has 1 heterocycles. The number of urea groups is 1. The zero-order valence-electron chi connectivity index (χ0n) is 15.3. The number of nitrogens with zero attached hydrogens (tertiary/aromatic N) is 1. The zero-order chi connectivity index (χ0) is 18.6. The molecule has 0 saturated carbocycles. The first-order valence-electron chi connectivity index (χ1n) is 9.13. The first-order valence-corrected chi connectivity index (χ1v) is 9.54. The van der Waals surface area contributed by atoms with Crippen LogP contribution in [0.4, 0.5) is 4.79 Å². The molecule has 26 heavy (non-hydrogen) atoms. The number of ether oxygens (including phenoxy) is 1. The number of likely N-dealkylation sites (tertiary alicyclic amines) is 1. The lowest BCUT2D eigenvalue weighted by atomic mass is 10.1. The van der Waals surface area contributed by atoms with E-state index in [1.165, 1.54) is 45.0 Å². The summed E-state index contributed by atoms with van der Waals surface area (Å²) in [5.41, 5.74) is 6.30. The Hall–Kier alpha value is -2.06. The maximum atomic E-state index is 11.0. The van der Waals surface area contributed by atoms with Gasteiger partial charge in [0.2, 0.25) is 0 Å². The standard InChI is InChI=1S/C18H29N5O2S/c1-19-17(24)21-22-18(26)20-9-6-12-25-16-8-5-7-15(13-16)14-23-10-3-2-4-11-23/h5,7-8,13H,2-4,6,9-12,14H2,1H3,(H2,19,21,24)(H2,20,22,26). The van der Waals surface area contributed by atoms with E-state index in [1.807, 2.05) is 6.07 Å². The number of hydrazine groups is 1. The molecule has 144 valence electrons. The van der Waals surface area contributed by atoms with Gasteiger partial charge in [0.1, 0.15) is 5.75 Å². The van der Waals surface area contributed by atoms with Gasteiger partial charge in [-0.25, -0.2) is 10.2 Å². The van der Waals surface area contributed by atoms with Gasteiger partial charge in [-0.3, -0.25) is 10.3 Å². The third-order valence-corrected chi connectivity index (χ3v) is 4.39. The molecule has 2 rings (SSSR count). The van der Waals surface area contributed by atoms with Crippen LogP contribution in [0.25, 0.3) is 0 Å². The predicted octanol–water partition coefficient (Wildman–Crippen LogP) is 1.75. The fraction of sp³-hybridized carbons (Fsp3) is 0.556. The van der Waals surface area contributed by atoms with Gasteiger partial charge in [-0.15, -0.1) is 0 Å². The van der Waals surface area contributed by atoms with Gasteiger partial charge in [0.25, 0.3) is 0 Å². The molecule has 1 aliphatic heterocycles. The number of amides is 2. The summed E-state index contributed by atoms with van der Waals surface area (Å²) in [6, 6.07) is 7.98. The third-order valence-electron chi connectivity index (χ3n) is 4.15. The second-order valence-electron chi connectivity index (χ2n) is 6.27. The number of nitrogens with one attached hydrogen (secondary N) is 4. The van der Waals surface area contributed by atoms with Gasteiger partial charge in [0.15, 0.2) is 5.11 Å². The molecule has 1 fully saturated rings. The van der Waals surface area contributed by atoms with E-state index in [0.717, 1.165) is 18.7 Å². The highest BCUT2D eigenvalue weighted by atomic mass is 32.1. The van der Waals surface area contributed by atoms with E-state index in [4.69, 9.17) is 17.0 Å². The van der Waals surface area contributed by atoms with E-state index >= 15 is 0 Å². The second-order valence-corrected chi connectivity index (χ2v) is 6.68. The van der Waals surface area contributed by atoms with E-state index in [-0.39, 0.29) is 6.03 Å². The number of hydrogen-bond acceptors (Lipinski definition) is 4. The van der Waals surface area contributed by atoms with Crippen LogP contribution in [0, 0.1) is 0 Å². The Labute approximate surface area is 160 Å². The largest absolute Gasteiger partial charge is 0.494 e. The topological polar surface area (TPSA) is 77.7 Å². The first-order chi connectivity index (χ1) is 12.7. The molecule has 1 aromatic carbocycles. The lowest BCUT2D eigenvalue weighted by molar-refractivity contribution is 0.220. The third kappa shape index (κ3) is 7.88. The lowest BCUT2D eigenvalue weighted by Gasteiger charge is -2.26. The van der Waals surface area contributed by atoms with Crippen molar-refractivity contribution in [2.45, 2.75) is 32.2 Å². The molecule has 0 radical (unpaired) electrons. The fourth-order valence-electron chi connectivity index (χ4n) is 2.79. The van der Waals surface area contributed by atoms with E-state index in [9.17, 15) is 4.79 Å². The van der Waals surface area contributed by atoms with Gasteiger partial charge in [0, 0.05) is 20.1 Å². The molecule has 2 amide bonds. The minimum atomic E-state index is -0.345. The average molecular weight is 380 g/mol. The van der Waals surface area contributed by atoms with Crippen LogP contribution in [0.1, 0.15) is 31.2 Å². The van der Waals surface area contributed by atoms with Crippen molar-refractivity contribution >= 4 is 23.4 Å². The fourth-order valence-corrected chi connectivity index (χ4v) is 2.95. The summed E-state index contributed by atoms with van der Waals surface area (Å²) >= 11 is 5.05. The Kier molecular flexibility index (Phi) is 8.99. The number of thiocarbonyl (C=S) groups is 1. The highest BCUT2D eigenvalue weighted by molar-refractivity contribution is 7.80. The molecular formula is C18H29N5O2S. The maximum Gasteiger partial charge on any atom is 0.333 e. The monoisotopic (exact) mass is 379 g/mol. The van der Waals surface area contributed by atoms with E-state index in [1.54, 1.807) is 0 Å². The molecular weight excluding hydrogens is 350 g/mol. The van der Waals surface area contributed by atoms with Crippen LogP contribution in [0.3, 0.4) is 0 Å². The van der Waals surface area contributed by atoms with Crippen LogP contribution in [0.15, 0.2) is 24.3 Å². The van der Waals surface area contributed by atoms with Crippen molar-refractivity contribution in [1.29, 1.82) is 0 Å². The summed E-state index contributed by atoms with van der Waals surface area (Å²) in [6.45, 7) is 4.65. The molecule has 1 aliphatic rings. The van der Waals surface area contributed by atoms with E-state index < -0.39 is 0 Å². The molecule has 0 unspecified atom stereocenters. The van der Waals surface area contributed by atoms with Crippen LogP contribution >= 0.6 is 12.2 Å². The summed E-state index contributed by atoms with van der Waals surface area (Å²) in [5, 5.41) is 5.80. The Bertz CT molecular complexity index is 578. The van der Waals surface area contributed by atoms with Crippen molar-refractivity contribution in [3.05, 3.63) is 29.8 Å². The number of hydrogen-bond donors (Lipinski definition) is 4. The lowest BCUT2D eigenvalue weighted by Crippen LogP contribution is -2.49. The van der Waals surface area contributed by atoms with Crippen molar-refractivity contribution in [2.24, 2.45) is 0 Å².